The third-order valence-corrected chi connectivity index (χ3v) is 4.09. The number of anilines is 1. The molecule has 0 bridgehead atoms. The predicted octanol–water partition coefficient (Wildman–Crippen LogP) is 3.01. The van der Waals surface area contributed by atoms with E-state index in [1.165, 1.54) is 43.5 Å². The van der Waals surface area contributed by atoms with Gasteiger partial charge in [-0.05, 0) is 50.7 Å². The fourth-order valence-electron chi connectivity index (χ4n) is 2.51. The maximum atomic E-state index is 5.89. The molecule has 0 unspecified atom stereocenters. The lowest BCUT2D eigenvalue weighted by Gasteiger charge is -2.27. The molecule has 2 fully saturated rings. The molecule has 0 heterocycles. The highest BCUT2D eigenvalue weighted by Crippen LogP contribution is 2.39. The van der Waals surface area contributed by atoms with Crippen LogP contribution in [0.5, 0.6) is 0 Å². The van der Waals surface area contributed by atoms with Crippen LogP contribution in [0.1, 0.15) is 36.8 Å². The maximum Gasteiger partial charge on any atom is 0.106 e. The number of benzene rings is 1. The van der Waals surface area contributed by atoms with E-state index in [2.05, 4.69) is 30.0 Å². The average Bonchev–Trinajstić information content (AvgIpc) is 3.19. The van der Waals surface area contributed by atoms with Crippen LogP contribution in [-0.4, -0.2) is 17.6 Å². The summed E-state index contributed by atoms with van der Waals surface area (Å²) in [5, 5.41) is 0. The third-order valence-electron chi connectivity index (χ3n) is 3.87. The molecule has 1 aromatic carbocycles. The largest absolute Gasteiger partial charge is 0.389 e. The van der Waals surface area contributed by atoms with Crippen molar-refractivity contribution in [3.8, 4) is 0 Å². The number of hydrogen-bond acceptors (Lipinski definition) is 2. The summed E-state index contributed by atoms with van der Waals surface area (Å²) in [6.45, 7) is 3.28. The predicted molar refractivity (Wildman–Crippen MR) is 80.2 cm³/mol. The van der Waals surface area contributed by atoms with Crippen LogP contribution in [0.2, 0.25) is 0 Å². The van der Waals surface area contributed by atoms with Gasteiger partial charge in [-0.1, -0.05) is 23.8 Å². The summed E-state index contributed by atoms with van der Waals surface area (Å²) < 4.78 is 0. The standard InChI is InChI=1S/C15H20N2S/c1-10-2-7-14(13(8-10)15(16)18)17(12-5-6-12)9-11-3-4-11/h2,7-8,11-12H,3-6,9H2,1H3,(H2,16,18). The third kappa shape index (κ3) is 2.51. The first-order valence-electron chi connectivity index (χ1n) is 6.82. The zero-order chi connectivity index (χ0) is 12.7. The summed E-state index contributed by atoms with van der Waals surface area (Å²) in [6.07, 6.45) is 5.41. The molecule has 0 atom stereocenters. The van der Waals surface area contributed by atoms with E-state index in [-0.39, 0.29) is 0 Å². The minimum absolute atomic E-state index is 0.523. The van der Waals surface area contributed by atoms with E-state index in [0.29, 0.717) is 4.99 Å². The molecule has 96 valence electrons. The maximum absolute atomic E-state index is 5.89. The fraction of sp³-hybridized carbons (Fsp3) is 0.533. The van der Waals surface area contributed by atoms with Crippen molar-refractivity contribution in [1.29, 1.82) is 0 Å². The van der Waals surface area contributed by atoms with Crippen LogP contribution < -0.4 is 10.6 Å². The molecule has 3 heteroatoms. The molecular formula is C15H20N2S. The number of rotatable bonds is 5. The molecule has 18 heavy (non-hydrogen) atoms. The van der Waals surface area contributed by atoms with Crippen LogP contribution in [0.4, 0.5) is 5.69 Å². The van der Waals surface area contributed by atoms with Crippen LogP contribution in [0.15, 0.2) is 18.2 Å². The quantitative estimate of drug-likeness (QED) is 0.825. The van der Waals surface area contributed by atoms with Gasteiger partial charge in [0.1, 0.15) is 4.99 Å². The minimum atomic E-state index is 0.523. The summed E-state index contributed by atoms with van der Waals surface area (Å²) in [5.41, 5.74) is 9.42. The van der Waals surface area contributed by atoms with Crippen molar-refractivity contribution < 1.29 is 0 Å². The number of aryl methyl sites for hydroxylation is 1. The molecule has 2 nitrogen and oxygen atoms in total. The normalized spacial score (nSPS) is 18.7. The molecule has 2 aliphatic carbocycles. The fourth-order valence-corrected chi connectivity index (χ4v) is 2.67. The number of thiocarbonyl (C=S) groups is 1. The molecule has 3 rings (SSSR count). The zero-order valence-corrected chi connectivity index (χ0v) is 11.7. The van der Waals surface area contributed by atoms with Gasteiger partial charge in [-0.25, -0.2) is 0 Å². The molecule has 0 spiro atoms. The van der Waals surface area contributed by atoms with Gasteiger partial charge in [0.15, 0.2) is 0 Å². The Morgan fingerprint density at radius 3 is 2.61 bits per heavy atom. The molecule has 0 radical (unpaired) electrons. The van der Waals surface area contributed by atoms with E-state index in [1.807, 2.05) is 0 Å². The summed E-state index contributed by atoms with van der Waals surface area (Å²) in [4.78, 5) is 3.07. The van der Waals surface area contributed by atoms with E-state index < -0.39 is 0 Å². The molecular weight excluding hydrogens is 240 g/mol. The first-order chi connectivity index (χ1) is 8.65. The van der Waals surface area contributed by atoms with E-state index in [1.54, 1.807) is 0 Å². The van der Waals surface area contributed by atoms with E-state index in [9.17, 15) is 0 Å². The highest BCUT2D eigenvalue weighted by atomic mass is 32.1. The summed E-state index contributed by atoms with van der Waals surface area (Å²) in [7, 11) is 0. The molecule has 2 aliphatic rings. The molecule has 0 amide bonds. The van der Waals surface area contributed by atoms with Crippen molar-refractivity contribution in [2.75, 3.05) is 11.4 Å². The first kappa shape index (κ1) is 12.0. The topological polar surface area (TPSA) is 29.3 Å². The highest BCUT2D eigenvalue weighted by molar-refractivity contribution is 7.80. The van der Waals surface area contributed by atoms with Crippen molar-refractivity contribution in [3.63, 3.8) is 0 Å². The molecule has 2 N–H and O–H groups in total. The second kappa shape index (κ2) is 4.54. The van der Waals surface area contributed by atoms with Crippen molar-refractivity contribution >= 4 is 22.9 Å². The number of nitrogens with zero attached hydrogens (tertiary/aromatic N) is 1. The molecule has 0 saturated heterocycles. The van der Waals surface area contributed by atoms with Crippen LogP contribution in [-0.2, 0) is 0 Å². The smallest absolute Gasteiger partial charge is 0.106 e. The van der Waals surface area contributed by atoms with Gasteiger partial charge >= 0.3 is 0 Å². The zero-order valence-electron chi connectivity index (χ0n) is 10.9. The van der Waals surface area contributed by atoms with Gasteiger partial charge in [-0.2, -0.15) is 0 Å². The van der Waals surface area contributed by atoms with Gasteiger partial charge in [0.05, 0.1) is 0 Å². The Morgan fingerprint density at radius 1 is 1.33 bits per heavy atom. The number of nitrogens with two attached hydrogens (primary N) is 1. The lowest BCUT2D eigenvalue weighted by Crippen LogP contribution is -2.30. The van der Waals surface area contributed by atoms with E-state index in [4.69, 9.17) is 18.0 Å². The Labute approximate surface area is 114 Å². The molecule has 0 aromatic heterocycles. The summed E-state index contributed by atoms with van der Waals surface area (Å²) in [6, 6.07) is 7.21. The molecule has 0 aliphatic heterocycles. The Morgan fingerprint density at radius 2 is 2.06 bits per heavy atom. The van der Waals surface area contributed by atoms with Crippen LogP contribution in [0, 0.1) is 12.8 Å². The summed E-state index contributed by atoms with van der Waals surface area (Å²) >= 11 is 5.22. The van der Waals surface area contributed by atoms with Crippen LogP contribution >= 0.6 is 12.2 Å². The lowest BCUT2D eigenvalue weighted by atomic mass is 10.1. The highest BCUT2D eigenvalue weighted by Gasteiger charge is 2.34. The molecule has 2 saturated carbocycles. The van der Waals surface area contributed by atoms with Gasteiger partial charge in [0.2, 0.25) is 0 Å². The second-order valence-corrected chi connectivity index (χ2v) is 6.15. The van der Waals surface area contributed by atoms with Crippen molar-refractivity contribution in [2.24, 2.45) is 11.7 Å². The van der Waals surface area contributed by atoms with Gasteiger partial charge in [0.25, 0.3) is 0 Å². The second-order valence-electron chi connectivity index (χ2n) is 5.71. The van der Waals surface area contributed by atoms with E-state index >= 15 is 0 Å². The first-order valence-corrected chi connectivity index (χ1v) is 7.23. The van der Waals surface area contributed by atoms with Gasteiger partial charge in [-0.3, -0.25) is 0 Å². The van der Waals surface area contributed by atoms with E-state index in [0.717, 1.165) is 17.5 Å². The lowest BCUT2D eigenvalue weighted by molar-refractivity contribution is 0.718. The minimum Gasteiger partial charge on any atom is -0.389 e. The Balaban J connectivity index is 1.93. The van der Waals surface area contributed by atoms with Gasteiger partial charge in [0, 0.05) is 23.8 Å². The Bertz CT molecular complexity index is 475. The van der Waals surface area contributed by atoms with Crippen molar-refractivity contribution in [3.05, 3.63) is 29.3 Å². The molecule has 1 aromatic rings. The average molecular weight is 260 g/mol. The Kier molecular flexibility index (Phi) is 3.02. The SMILES string of the molecule is Cc1ccc(N(CC2CC2)C2CC2)c(C(N)=S)c1. The monoisotopic (exact) mass is 260 g/mol. The van der Waals surface area contributed by atoms with Gasteiger partial charge in [-0.15, -0.1) is 0 Å². The number of hydrogen-bond donors (Lipinski definition) is 1. The Hall–Kier alpha value is -1.09. The van der Waals surface area contributed by atoms with Crippen LogP contribution in [0.25, 0.3) is 0 Å². The van der Waals surface area contributed by atoms with Crippen molar-refractivity contribution in [2.45, 2.75) is 38.6 Å². The van der Waals surface area contributed by atoms with Crippen molar-refractivity contribution in [1.82, 2.24) is 0 Å². The summed E-state index contributed by atoms with van der Waals surface area (Å²) in [5.74, 6) is 0.895. The van der Waals surface area contributed by atoms with Gasteiger partial charge < -0.3 is 10.6 Å². The van der Waals surface area contributed by atoms with Crippen LogP contribution in [0.3, 0.4) is 0 Å².